The second kappa shape index (κ2) is 7.65. The van der Waals surface area contributed by atoms with Crippen LogP contribution in [0.4, 0.5) is 5.69 Å². The van der Waals surface area contributed by atoms with Gasteiger partial charge in [-0.1, -0.05) is 26.0 Å². The van der Waals surface area contributed by atoms with E-state index >= 15 is 0 Å². The van der Waals surface area contributed by atoms with Crippen LogP contribution in [0.25, 0.3) is 0 Å². The van der Waals surface area contributed by atoms with Gasteiger partial charge in [0.05, 0.1) is 5.71 Å². The van der Waals surface area contributed by atoms with Crippen LogP contribution in [0.3, 0.4) is 0 Å². The zero-order valence-corrected chi connectivity index (χ0v) is 15.9. The van der Waals surface area contributed by atoms with Gasteiger partial charge in [-0.3, -0.25) is 4.79 Å². The molecule has 3 rings (SSSR count). The Morgan fingerprint density at radius 2 is 1.89 bits per heavy atom. The molecular formula is C20H25N5O2. The van der Waals surface area contributed by atoms with Crippen molar-refractivity contribution in [3.05, 3.63) is 52.5 Å². The Morgan fingerprint density at radius 1 is 1.19 bits per heavy atom. The van der Waals surface area contributed by atoms with Crippen molar-refractivity contribution in [2.75, 3.05) is 5.32 Å². The molecule has 1 aliphatic rings. The molecule has 27 heavy (non-hydrogen) atoms. The summed E-state index contributed by atoms with van der Waals surface area (Å²) < 4.78 is 5.87. The fourth-order valence-corrected chi connectivity index (χ4v) is 3.24. The summed E-state index contributed by atoms with van der Waals surface area (Å²) in [6.45, 7) is 6.12. The van der Waals surface area contributed by atoms with Gasteiger partial charge in [-0.2, -0.15) is 5.10 Å². The van der Waals surface area contributed by atoms with E-state index in [2.05, 4.69) is 29.4 Å². The highest BCUT2D eigenvalue weighted by molar-refractivity contribution is 6.09. The van der Waals surface area contributed by atoms with Crippen LogP contribution < -0.4 is 16.8 Å². The minimum Gasteiger partial charge on any atom is -0.455 e. The Hall–Kier alpha value is -3.09. The fourth-order valence-electron chi connectivity index (χ4n) is 3.24. The van der Waals surface area contributed by atoms with E-state index in [0.717, 1.165) is 47.5 Å². The summed E-state index contributed by atoms with van der Waals surface area (Å²) in [6, 6.07) is 7.83. The Kier molecular flexibility index (Phi) is 5.30. The lowest BCUT2D eigenvalue weighted by Crippen LogP contribution is -2.22. The van der Waals surface area contributed by atoms with Crippen molar-refractivity contribution in [3.63, 3.8) is 0 Å². The lowest BCUT2D eigenvalue weighted by Gasteiger charge is -2.11. The number of carbonyl (C=O) groups is 1. The van der Waals surface area contributed by atoms with E-state index in [9.17, 15) is 4.79 Å². The van der Waals surface area contributed by atoms with E-state index in [1.165, 1.54) is 5.56 Å². The molecular weight excluding hydrogens is 342 g/mol. The highest BCUT2D eigenvalue weighted by atomic mass is 16.4. The quantitative estimate of drug-likeness (QED) is 0.436. The summed E-state index contributed by atoms with van der Waals surface area (Å²) in [4.78, 5) is 12.7. The summed E-state index contributed by atoms with van der Waals surface area (Å²) >= 11 is 0. The topological polar surface area (TPSA) is 119 Å². The molecule has 0 aliphatic heterocycles. The number of amides is 1. The predicted molar refractivity (Wildman–Crippen MR) is 107 cm³/mol. The minimum atomic E-state index is -0.277. The van der Waals surface area contributed by atoms with Gasteiger partial charge in [-0.25, -0.2) is 0 Å². The zero-order chi connectivity index (χ0) is 19.6. The van der Waals surface area contributed by atoms with Gasteiger partial charge in [-0.05, 0) is 43.4 Å². The summed E-state index contributed by atoms with van der Waals surface area (Å²) in [5.41, 5.74) is 15.0. The average molecular weight is 367 g/mol. The molecule has 0 atom stereocenters. The van der Waals surface area contributed by atoms with E-state index in [1.54, 1.807) is 0 Å². The molecule has 0 spiro atoms. The third-order valence-corrected chi connectivity index (χ3v) is 4.65. The molecule has 0 radical (unpaired) electrons. The van der Waals surface area contributed by atoms with Crippen molar-refractivity contribution in [1.82, 2.24) is 0 Å². The Morgan fingerprint density at radius 3 is 2.52 bits per heavy atom. The van der Waals surface area contributed by atoms with E-state index < -0.39 is 0 Å². The number of benzene rings is 1. The first-order chi connectivity index (χ1) is 12.9. The first-order valence-electron chi connectivity index (χ1n) is 9.06. The van der Waals surface area contributed by atoms with Gasteiger partial charge in [0.2, 0.25) is 5.96 Å². The van der Waals surface area contributed by atoms with E-state index in [4.69, 9.17) is 15.9 Å². The van der Waals surface area contributed by atoms with Gasteiger partial charge in [-0.15, -0.1) is 5.10 Å². The number of rotatable bonds is 4. The molecule has 5 N–H and O–H groups in total. The van der Waals surface area contributed by atoms with E-state index in [0.29, 0.717) is 11.7 Å². The molecule has 7 heteroatoms. The molecule has 142 valence electrons. The summed E-state index contributed by atoms with van der Waals surface area (Å²) in [7, 11) is 0. The molecule has 0 bridgehead atoms. The Balaban J connectivity index is 1.86. The molecule has 1 amide bonds. The molecule has 0 unspecified atom stereocenters. The van der Waals surface area contributed by atoms with Crippen LogP contribution in [0.15, 0.2) is 38.9 Å². The van der Waals surface area contributed by atoms with Crippen molar-refractivity contribution in [2.45, 2.75) is 46.0 Å². The molecule has 7 nitrogen and oxygen atoms in total. The smallest absolute Gasteiger partial charge is 0.291 e. The summed E-state index contributed by atoms with van der Waals surface area (Å²) in [6.07, 6.45) is 2.37. The maximum Gasteiger partial charge on any atom is 0.291 e. The number of nitrogens with one attached hydrogen (secondary N) is 1. The van der Waals surface area contributed by atoms with Crippen LogP contribution in [0, 0.1) is 6.92 Å². The maximum absolute atomic E-state index is 12.7. The molecule has 0 saturated heterocycles. The average Bonchev–Trinajstić information content (AvgIpc) is 2.98. The second-order valence-electron chi connectivity index (χ2n) is 7.01. The number of carbonyl (C=O) groups excluding carboxylic acids is 1. The van der Waals surface area contributed by atoms with E-state index in [1.807, 2.05) is 31.2 Å². The van der Waals surface area contributed by atoms with Gasteiger partial charge in [0.15, 0.2) is 5.76 Å². The van der Waals surface area contributed by atoms with E-state index in [-0.39, 0.29) is 11.9 Å². The number of furan rings is 1. The van der Waals surface area contributed by atoms with Crippen LogP contribution in [0.2, 0.25) is 0 Å². The molecule has 1 aliphatic carbocycles. The van der Waals surface area contributed by atoms with Crippen molar-refractivity contribution in [2.24, 2.45) is 21.7 Å². The van der Waals surface area contributed by atoms with Crippen LogP contribution >= 0.6 is 0 Å². The van der Waals surface area contributed by atoms with Gasteiger partial charge >= 0.3 is 0 Å². The highest BCUT2D eigenvalue weighted by Gasteiger charge is 2.28. The molecule has 0 fully saturated rings. The number of guanidine groups is 1. The van der Waals surface area contributed by atoms with Crippen molar-refractivity contribution < 1.29 is 9.21 Å². The largest absolute Gasteiger partial charge is 0.455 e. The predicted octanol–water partition coefficient (Wildman–Crippen LogP) is 3.28. The lowest BCUT2D eigenvalue weighted by atomic mass is 9.93. The van der Waals surface area contributed by atoms with Crippen LogP contribution in [0.1, 0.15) is 65.6 Å². The molecule has 1 aromatic heterocycles. The maximum atomic E-state index is 12.7. The first kappa shape index (κ1) is 18.7. The number of hydrogen-bond donors (Lipinski definition) is 3. The first-order valence-corrected chi connectivity index (χ1v) is 9.06. The Bertz CT molecular complexity index is 903. The third kappa shape index (κ3) is 4.02. The number of nitrogens with zero attached hydrogens (tertiary/aromatic N) is 2. The second-order valence-corrected chi connectivity index (χ2v) is 7.01. The third-order valence-electron chi connectivity index (χ3n) is 4.65. The number of aryl methyl sites for hydroxylation is 1. The molecule has 2 aromatic rings. The van der Waals surface area contributed by atoms with Gasteiger partial charge in [0.25, 0.3) is 5.91 Å². The van der Waals surface area contributed by atoms with Crippen LogP contribution in [-0.4, -0.2) is 17.6 Å². The van der Waals surface area contributed by atoms with Crippen molar-refractivity contribution >= 4 is 23.3 Å². The van der Waals surface area contributed by atoms with Crippen LogP contribution in [0.5, 0.6) is 0 Å². The highest BCUT2D eigenvalue weighted by Crippen LogP contribution is 2.30. The zero-order valence-electron chi connectivity index (χ0n) is 15.9. The van der Waals surface area contributed by atoms with Gasteiger partial charge < -0.3 is 21.2 Å². The summed E-state index contributed by atoms with van der Waals surface area (Å²) in [5, 5.41) is 10.8. The van der Waals surface area contributed by atoms with Crippen molar-refractivity contribution in [1.29, 1.82) is 0 Å². The number of anilines is 1. The van der Waals surface area contributed by atoms with Crippen molar-refractivity contribution in [3.8, 4) is 0 Å². The monoisotopic (exact) mass is 367 g/mol. The SMILES string of the molecule is Cc1c(C(=O)Nc2ccc(C(C)C)cc2)oc2c1/C(=N/N=C(N)N)CCC2. The molecule has 0 saturated carbocycles. The van der Waals surface area contributed by atoms with Crippen LogP contribution in [-0.2, 0) is 6.42 Å². The number of fused-ring (bicyclic) bond motifs is 1. The lowest BCUT2D eigenvalue weighted by molar-refractivity contribution is 0.0994. The molecule has 1 heterocycles. The fraction of sp³-hybridized carbons (Fsp3) is 0.350. The number of nitrogens with two attached hydrogens (primary N) is 2. The van der Waals surface area contributed by atoms with Gasteiger partial charge in [0.1, 0.15) is 5.76 Å². The van der Waals surface area contributed by atoms with Gasteiger partial charge in [0, 0.05) is 23.2 Å². The normalized spacial score (nSPS) is 14.9. The number of hydrogen-bond acceptors (Lipinski definition) is 4. The standard InChI is InChI=1S/C20H25N5O2/c1-11(2)13-7-9-14(10-8-13)23-19(26)18-12(3)17-15(24-25-20(21)22)5-4-6-16(17)27-18/h7-11H,4-6H2,1-3H3,(H,23,26)(H4,21,22,25)/b24-15+. The summed E-state index contributed by atoms with van der Waals surface area (Å²) in [5.74, 6) is 1.12. The Labute approximate surface area is 158 Å². The minimum absolute atomic E-state index is 0.0985. The molecule has 1 aromatic carbocycles.